The van der Waals surface area contributed by atoms with Crippen molar-refractivity contribution in [3.05, 3.63) is 35.4 Å². The molecule has 0 spiro atoms. The quantitative estimate of drug-likeness (QED) is 0.818. The molecule has 0 heterocycles. The molecule has 0 aromatic heterocycles. The van der Waals surface area contributed by atoms with E-state index in [1.54, 1.807) is 0 Å². The Morgan fingerprint density at radius 2 is 1.47 bits per heavy atom. The van der Waals surface area contributed by atoms with Gasteiger partial charge >= 0.3 is 0 Å². The Balaban J connectivity index is 2.01. The number of nitrogens with two attached hydrogens (primary N) is 1. The minimum absolute atomic E-state index is 0.0513. The lowest BCUT2D eigenvalue weighted by Gasteiger charge is -2.31. The molecule has 94 valence electrons. The van der Waals surface area contributed by atoms with Gasteiger partial charge in [-0.2, -0.15) is 0 Å². The van der Waals surface area contributed by atoms with Crippen molar-refractivity contribution in [1.29, 1.82) is 0 Å². The molecule has 0 saturated heterocycles. The molecular formula is C16H25N. The Hall–Kier alpha value is -0.820. The van der Waals surface area contributed by atoms with Crippen molar-refractivity contribution < 1.29 is 0 Å². The van der Waals surface area contributed by atoms with E-state index in [0.29, 0.717) is 0 Å². The van der Waals surface area contributed by atoms with E-state index in [1.165, 1.54) is 56.1 Å². The zero-order chi connectivity index (χ0) is 12.1. The highest BCUT2D eigenvalue weighted by molar-refractivity contribution is 5.23. The van der Waals surface area contributed by atoms with Gasteiger partial charge in [0.1, 0.15) is 0 Å². The Bertz CT molecular complexity index is 331. The van der Waals surface area contributed by atoms with E-state index in [1.807, 2.05) is 0 Å². The van der Waals surface area contributed by atoms with Crippen LogP contribution in [0, 0.1) is 6.92 Å². The smallest absolute Gasteiger partial charge is 0.0195 e. The highest BCUT2D eigenvalue weighted by Gasteiger charge is 2.25. The van der Waals surface area contributed by atoms with Gasteiger partial charge in [0.2, 0.25) is 0 Å². The van der Waals surface area contributed by atoms with Crippen LogP contribution >= 0.6 is 0 Å². The largest absolute Gasteiger partial charge is 0.325 e. The molecule has 0 bridgehead atoms. The number of aryl methyl sites for hydroxylation is 1. The lowest BCUT2D eigenvalue weighted by atomic mass is 9.80. The molecule has 2 rings (SSSR count). The molecule has 1 heteroatoms. The summed E-state index contributed by atoms with van der Waals surface area (Å²) in [7, 11) is 0. The second-order valence-electron chi connectivity index (χ2n) is 5.79. The summed E-state index contributed by atoms with van der Waals surface area (Å²) in [6, 6.07) is 8.87. The maximum absolute atomic E-state index is 6.60. The molecule has 0 atom stereocenters. The Morgan fingerprint density at radius 1 is 0.941 bits per heavy atom. The molecule has 1 nitrogen and oxygen atoms in total. The van der Waals surface area contributed by atoms with E-state index < -0.39 is 0 Å². The summed E-state index contributed by atoms with van der Waals surface area (Å²) in [4.78, 5) is 0. The Kier molecular flexibility index (Phi) is 4.22. The topological polar surface area (TPSA) is 26.0 Å². The van der Waals surface area contributed by atoms with Crippen molar-refractivity contribution in [3.8, 4) is 0 Å². The molecule has 0 radical (unpaired) electrons. The second kappa shape index (κ2) is 5.68. The predicted molar refractivity (Wildman–Crippen MR) is 74.1 cm³/mol. The van der Waals surface area contributed by atoms with Crippen LogP contribution in [0.15, 0.2) is 24.3 Å². The highest BCUT2D eigenvalue weighted by Crippen LogP contribution is 2.27. The van der Waals surface area contributed by atoms with Crippen LogP contribution < -0.4 is 5.73 Å². The van der Waals surface area contributed by atoms with E-state index in [2.05, 4.69) is 31.2 Å². The number of hydrogen-bond acceptors (Lipinski definition) is 1. The summed E-state index contributed by atoms with van der Waals surface area (Å²) in [5.74, 6) is 0. The van der Waals surface area contributed by atoms with Crippen LogP contribution in [0.5, 0.6) is 0 Å². The van der Waals surface area contributed by atoms with Crippen molar-refractivity contribution in [2.24, 2.45) is 5.73 Å². The van der Waals surface area contributed by atoms with Crippen LogP contribution in [0.4, 0.5) is 0 Å². The average Bonchev–Trinajstić information content (AvgIpc) is 2.28. The first-order valence-electron chi connectivity index (χ1n) is 7.02. The van der Waals surface area contributed by atoms with Gasteiger partial charge in [-0.3, -0.25) is 0 Å². The van der Waals surface area contributed by atoms with Gasteiger partial charge in [0.25, 0.3) is 0 Å². The zero-order valence-corrected chi connectivity index (χ0v) is 11.0. The molecule has 1 aliphatic rings. The van der Waals surface area contributed by atoms with Crippen molar-refractivity contribution >= 4 is 0 Å². The van der Waals surface area contributed by atoms with Crippen LogP contribution in [0.3, 0.4) is 0 Å². The zero-order valence-electron chi connectivity index (χ0n) is 11.0. The molecule has 2 N–H and O–H groups in total. The van der Waals surface area contributed by atoms with Gasteiger partial charge in [-0.25, -0.2) is 0 Å². The van der Waals surface area contributed by atoms with Gasteiger partial charge in [-0.05, 0) is 31.7 Å². The van der Waals surface area contributed by atoms with Crippen molar-refractivity contribution in [2.75, 3.05) is 0 Å². The van der Waals surface area contributed by atoms with Crippen LogP contribution in [0.25, 0.3) is 0 Å². The van der Waals surface area contributed by atoms with Crippen LogP contribution in [0.1, 0.15) is 56.1 Å². The molecule has 0 aliphatic heterocycles. The van der Waals surface area contributed by atoms with Gasteiger partial charge in [0, 0.05) is 5.54 Å². The standard InChI is InChI=1S/C16H25N/c1-14-7-9-15(10-8-14)13-16(17)11-5-3-2-4-6-12-16/h7-10H,2-6,11-13,17H2,1H3. The summed E-state index contributed by atoms with van der Waals surface area (Å²) >= 11 is 0. The summed E-state index contributed by atoms with van der Waals surface area (Å²) < 4.78 is 0. The molecule has 0 amide bonds. The summed E-state index contributed by atoms with van der Waals surface area (Å²) in [5, 5.41) is 0. The molecule has 1 aromatic rings. The average molecular weight is 231 g/mol. The SMILES string of the molecule is Cc1ccc(CC2(N)CCCCCCC2)cc1. The first-order valence-corrected chi connectivity index (χ1v) is 7.02. The fraction of sp³-hybridized carbons (Fsp3) is 0.625. The lowest BCUT2D eigenvalue weighted by Crippen LogP contribution is -2.42. The first kappa shape index (κ1) is 12.6. The minimum atomic E-state index is 0.0513. The molecule has 1 saturated carbocycles. The van der Waals surface area contributed by atoms with E-state index in [4.69, 9.17) is 5.73 Å². The molecule has 1 aliphatic carbocycles. The first-order chi connectivity index (χ1) is 8.18. The number of hydrogen-bond donors (Lipinski definition) is 1. The van der Waals surface area contributed by atoms with Crippen LogP contribution in [-0.2, 0) is 6.42 Å². The monoisotopic (exact) mass is 231 g/mol. The van der Waals surface area contributed by atoms with Crippen molar-refractivity contribution in [3.63, 3.8) is 0 Å². The van der Waals surface area contributed by atoms with Gasteiger partial charge in [-0.15, -0.1) is 0 Å². The van der Waals surface area contributed by atoms with Crippen molar-refractivity contribution in [1.82, 2.24) is 0 Å². The predicted octanol–water partition coefficient (Wildman–Crippen LogP) is 3.98. The fourth-order valence-electron chi connectivity index (χ4n) is 2.90. The molecule has 17 heavy (non-hydrogen) atoms. The normalized spacial score (nSPS) is 20.6. The lowest BCUT2D eigenvalue weighted by molar-refractivity contribution is 0.314. The number of rotatable bonds is 2. The fourth-order valence-corrected chi connectivity index (χ4v) is 2.90. The van der Waals surface area contributed by atoms with E-state index in [-0.39, 0.29) is 5.54 Å². The minimum Gasteiger partial charge on any atom is -0.325 e. The summed E-state index contributed by atoms with van der Waals surface area (Å²) in [6.45, 7) is 2.14. The summed E-state index contributed by atoms with van der Waals surface area (Å²) in [6.07, 6.45) is 10.2. The molecular weight excluding hydrogens is 206 g/mol. The third-order valence-electron chi connectivity index (χ3n) is 4.03. The molecule has 1 fully saturated rings. The van der Waals surface area contributed by atoms with Gasteiger partial charge < -0.3 is 5.73 Å². The maximum Gasteiger partial charge on any atom is 0.0195 e. The number of benzene rings is 1. The van der Waals surface area contributed by atoms with Crippen LogP contribution in [-0.4, -0.2) is 5.54 Å². The van der Waals surface area contributed by atoms with E-state index in [0.717, 1.165) is 6.42 Å². The highest BCUT2D eigenvalue weighted by atomic mass is 14.7. The van der Waals surface area contributed by atoms with Crippen LogP contribution in [0.2, 0.25) is 0 Å². The van der Waals surface area contributed by atoms with Gasteiger partial charge in [0.15, 0.2) is 0 Å². The molecule has 0 unspecified atom stereocenters. The van der Waals surface area contributed by atoms with E-state index in [9.17, 15) is 0 Å². The van der Waals surface area contributed by atoms with Crippen molar-refractivity contribution in [2.45, 2.75) is 63.8 Å². The Morgan fingerprint density at radius 3 is 2.06 bits per heavy atom. The molecule has 1 aromatic carbocycles. The van der Waals surface area contributed by atoms with Gasteiger partial charge in [-0.1, -0.05) is 61.9 Å². The Labute approximate surface area is 105 Å². The summed E-state index contributed by atoms with van der Waals surface area (Å²) in [5.41, 5.74) is 9.38. The maximum atomic E-state index is 6.60. The second-order valence-corrected chi connectivity index (χ2v) is 5.79. The van der Waals surface area contributed by atoms with Gasteiger partial charge in [0.05, 0.1) is 0 Å². The van der Waals surface area contributed by atoms with E-state index >= 15 is 0 Å². The third-order valence-corrected chi connectivity index (χ3v) is 4.03. The third kappa shape index (κ3) is 3.85.